The van der Waals surface area contributed by atoms with E-state index in [1.54, 1.807) is 25.4 Å². The molecule has 0 bridgehead atoms. The molecule has 0 saturated heterocycles. The van der Waals surface area contributed by atoms with Crippen LogP contribution in [-0.2, 0) is 0 Å². The van der Waals surface area contributed by atoms with Gasteiger partial charge in [-0.05, 0) is 28.1 Å². The van der Waals surface area contributed by atoms with Gasteiger partial charge in [-0.15, -0.1) is 0 Å². The summed E-state index contributed by atoms with van der Waals surface area (Å²) in [7, 11) is 1.55. The minimum absolute atomic E-state index is 0.283. The third-order valence-electron chi connectivity index (χ3n) is 1.22. The molecule has 0 unspecified atom stereocenters. The Hall–Kier alpha value is -1.10. The number of anilines is 1. The Labute approximate surface area is 78.5 Å². The van der Waals surface area contributed by atoms with Crippen LogP contribution in [0.1, 0.15) is 0 Å². The number of carbonyl (C=O) groups is 1. The van der Waals surface area contributed by atoms with Gasteiger partial charge in [0.05, 0.1) is 4.47 Å². The molecule has 0 fully saturated rings. The van der Waals surface area contributed by atoms with E-state index in [9.17, 15) is 4.79 Å². The Balaban J connectivity index is 2.75. The predicted octanol–water partition coefficient (Wildman–Crippen LogP) is 1.60. The molecular weight excluding hydrogens is 222 g/mol. The summed E-state index contributed by atoms with van der Waals surface area (Å²) in [4.78, 5) is 14.8. The molecule has 5 heteroatoms. The van der Waals surface area contributed by atoms with Gasteiger partial charge in [-0.2, -0.15) is 0 Å². The Morgan fingerprint density at radius 2 is 2.42 bits per heavy atom. The van der Waals surface area contributed by atoms with E-state index in [4.69, 9.17) is 0 Å². The van der Waals surface area contributed by atoms with Crippen molar-refractivity contribution < 1.29 is 4.79 Å². The lowest BCUT2D eigenvalue weighted by atomic mass is 10.5. The first-order chi connectivity index (χ1) is 5.74. The molecule has 0 aliphatic heterocycles. The first-order valence-electron chi connectivity index (χ1n) is 3.33. The highest BCUT2D eigenvalue weighted by Crippen LogP contribution is 2.17. The summed E-state index contributed by atoms with van der Waals surface area (Å²) >= 11 is 3.25. The van der Waals surface area contributed by atoms with Crippen LogP contribution in [0.15, 0.2) is 22.8 Å². The topological polar surface area (TPSA) is 54.0 Å². The number of rotatable bonds is 1. The zero-order valence-corrected chi connectivity index (χ0v) is 8.05. The molecular formula is C7H8BrN3O. The molecule has 12 heavy (non-hydrogen) atoms. The summed E-state index contributed by atoms with van der Waals surface area (Å²) in [6.07, 6.45) is 1.61. The molecule has 2 amide bonds. The number of urea groups is 1. The van der Waals surface area contributed by atoms with E-state index in [1.807, 2.05) is 0 Å². The average Bonchev–Trinajstić information content (AvgIpc) is 2.09. The molecule has 0 saturated carbocycles. The van der Waals surface area contributed by atoms with Crippen molar-refractivity contribution in [3.05, 3.63) is 22.8 Å². The summed E-state index contributed by atoms with van der Waals surface area (Å²) in [6.45, 7) is 0. The van der Waals surface area contributed by atoms with Gasteiger partial charge in [-0.1, -0.05) is 0 Å². The molecule has 0 aromatic carbocycles. The highest BCUT2D eigenvalue weighted by Gasteiger charge is 2.02. The second-order valence-electron chi connectivity index (χ2n) is 2.04. The van der Waals surface area contributed by atoms with Crippen LogP contribution < -0.4 is 10.6 Å². The Morgan fingerprint density at radius 1 is 1.67 bits per heavy atom. The molecule has 0 aliphatic carbocycles. The van der Waals surface area contributed by atoms with Crippen LogP contribution >= 0.6 is 15.9 Å². The quantitative estimate of drug-likeness (QED) is 0.769. The van der Waals surface area contributed by atoms with Crippen molar-refractivity contribution in [2.45, 2.75) is 0 Å². The molecule has 4 nitrogen and oxygen atoms in total. The fourth-order valence-electron chi connectivity index (χ4n) is 0.648. The van der Waals surface area contributed by atoms with Crippen molar-refractivity contribution in [3.63, 3.8) is 0 Å². The summed E-state index contributed by atoms with van der Waals surface area (Å²) in [5, 5.41) is 4.98. The first kappa shape index (κ1) is 8.99. The molecule has 0 spiro atoms. The molecule has 1 heterocycles. The smallest absolute Gasteiger partial charge is 0.320 e. The lowest BCUT2D eigenvalue weighted by Gasteiger charge is -2.03. The number of pyridine rings is 1. The van der Waals surface area contributed by atoms with Gasteiger partial charge in [0.1, 0.15) is 5.82 Å². The molecule has 0 atom stereocenters. The SMILES string of the molecule is CNC(=O)Nc1ncccc1Br. The van der Waals surface area contributed by atoms with Crippen LogP contribution in [0, 0.1) is 0 Å². The number of hydrogen-bond donors (Lipinski definition) is 2. The number of nitrogens with one attached hydrogen (secondary N) is 2. The summed E-state index contributed by atoms with van der Waals surface area (Å²) in [5.74, 6) is 0.511. The molecule has 0 radical (unpaired) electrons. The van der Waals surface area contributed by atoms with Gasteiger partial charge in [0.25, 0.3) is 0 Å². The average molecular weight is 230 g/mol. The second-order valence-corrected chi connectivity index (χ2v) is 2.89. The van der Waals surface area contributed by atoms with Crippen molar-refractivity contribution in [2.75, 3.05) is 12.4 Å². The number of hydrogen-bond acceptors (Lipinski definition) is 2. The normalized spacial score (nSPS) is 9.17. The molecule has 64 valence electrons. The van der Waals surface area contributed by atoms with E-state index >= 15 is 0 Å². The van der Waals surface area contributed by atoms with Gasteiger partial charge in [0.15, 0.2) is 0 Å². The van der Waals surface area contributed by atoms with Crippen LogP contribution in [0.2, 0.25) is 0 Å². The monoisotopic (exact) mass is 229 g/mol. The molecule has 1 aromatic heterocycles. The maximum Gasteiger partial charge on any atom is 0.320 e. The number of amides is 2. The van der Waals surface area contributed by atoms with Gasteiger partial charge in [-0.3, -0.25) is 5.32 Å². The van der Waals surface area contributed by atoms with E-state index in [1.165, 1.54) is 0 Å². The Morgan fingerprint density at radius 3 is 3.00 bits per heavy atom. The van der Waals surface area contributed by atoms with Crippen LogP contribution in [0.4, 0.5) is 10.6 Å². The van der Waals surface area contributed by atoms with Gasteiger partial charge < -0.3 is 5.32 Å². The van der Waals surface area contributed by atoms with Crippen molar-refractivity contribution in [3.8, 4) is 0 Å². The Bertz CT molecular complexity index is 290. The zero-order valence-electron chi connectivity index (χ0n) is 6.47. The minimum atomic E-state index is -0.283. The van der Waals surface area contributed by atoms with Gasteiger partial charge in [-0.25, -0.2) is 9.78 Å². The van der Waals surface area contributed by atoms with Gasteiger partial charge >= 0.3 is 6.03 Å². The lowest BCUT2D eigenvalue weighted by molar-refractivity contribution is 0.254. The fraction of sp³-hybridized carbons (Fsp3) is 0.143. The molecule has 0 aliphatic rings. The molecule has 1 rings (SSSR count). The van der Waals surface area contributed by atoms with Crippen molar-refractivity contribution >= 4 is 27.8 Å². The van der Waals surface area contributed by atoms with E-state index in [2.05, 4.69) is 31.5 Å². The van der Waals surface area contributed by atoms with E-state index < -0.39 is 0 Å². The van der Waals surface area contributed by atoms with Gasteiger partial charge in [0.2, 0.25) is 0 Å². The largest absolute Gasteiger partial charge is 0.341 e. The summed E-state index contributed by atoms with van der Waals surface area (Å²) < 4.78 is 0.758. The summed E-state index contributed by atoms with van der Waals surface area (Å²) in [5.41, 5.74) is 0. The number of nitrogens with zero attached hydrogens (tertiary/aromatic N) is 1. The number of carbonyl (C=O) groups excluding carboxylic acids is 1. The van der Waals surface area contributed by atoms with Gasteiger partial charge in [0, 0.05) is 13.2 Å². The predicted molar refractivity (Wildman–Crippen MR) is 50.0 cm³/mol. The number of aromatic nitrogens is 1. The van der Waals surface area contributed by atoms with Crippen LogP contribution in [-0.4, -0.2) is 18.1 Å². The van der Waals surface area contributed by atoms with E-state index in [0.29, 0.717) is 5.82 Å². The highest BCUT2D eigenvalue weighted by molar-refractivity contribution is 9.10. The van der Waals surface area contributed by atoms with Crippen molar-refractivity contribution in [1.82, 2.24) is 10.3 Å². The Kier molecular flexibility index (Phi) is 3.04. The zero-order chi connectivity index (χ0) is 8.97. The standard InChI is InChI=1S/C7H8BrN3O/c1-9-7(12)11-6-5(8)3-2-4-10-6/h2-4H,1H3,(H2,9,10,11,12). The third kappa shape index (κ3) is 2.20. The maximum absolute atomic E-state index is 10.9. The first-order valence-corrected chi connectivity index (χ1v) is 4.12. The van der Waals surface area contributed by atoms with Crippen molar-refractivity contribution in [1.29, 1.82) is 0 Å². The highest BCUT2D eigenvalue weighted by atomic mass is 79.9. The van der Waals surface area contributed by atoms with Crippen LogP contribution in [0.3, 0.4) is 0 Å². The number of halogens is 1. The minimum Gasteiger partial charge on any atom is -0.341 e. The van der Waals surface area contributed by atoms with Crippen LogP contribution in [0.5, 0.6) is 0 Å². The molecule has 2 N–H and O–H groups in total. The summed E-state index contributed by atoms with van der Waals surface area (Å²) in [6, 6.07) is 3.30. The lowest BCUT2D eigenvalue weighted by Crippen LogP contribution is -2.25. The van der Waals surface area contributed by atoms with Crippen LogP contribution in [0.25, 0.3) is 0 Å². The van der Waals surface area contributed by atoms with Crippen molar-refractivity contribution in [2.24, 2.45) is 0 Å². The molecule has 1 aromatic rings. The second kappa shape index (κ2) is 4.06. The van der Waals surface area contributed by atoms with E-state index in [-0.39, 0.29) is 6.03 Å². The fourth-order valence-corrected chi connectivity index (χ4v) is 1.00. The maximum atomic E-state index is 10.9. The van der Waals surface area contributed by atoms with E-state index in [0.717, 1.165) is 4.47 Å². The third-order valence-corrected chi connectivity index (χ3v) is 1.86.